The number of benzene rings is 1. The number of nitrogens with one attached hydrogen (secondary N) is 2. The monoisotopic (exact) mass is 330 g/mol. The summed E-state index contributed by atoms with van der Waals surface area (Å²) in [5, 5.41) is 5.60. The maximum absolute atomic E-state index is 12.7. The van der Waals surface area contributed by atoms with Crippen molar-refractivity contribution in [1.29, 1.82) is 0 Å². The lowest BCUT2D eigenvalue weighted by molar-refractivity contribution is -0.136. The van der Waals surface area contributed by atoms with Crippen LogP contribution in [0.15, 0.2) is 18.2 Å². The number of hydrogen-bond acceptors (Lipinski definition) is 5. The van der Waals surface area contributed by atoms with Gasteiger partial charge in [-0.05, 0) is 30.5 Å². The molecule has 0 spiro atoms. The smallest absolute Gasteiger partial charge is 0.255 e. The van der Waals surface area contributed by atoms with E-state index >= 15 is 0 Å². The Hall–Kier alpha value is -2.25. The molecule has 1 unspecified atom stereocenters. The molecule has 0 saturated carbocycles. The highest BCUT2D eigenvalue weighted by atomic mass is 16.2. The van der Waals surface area contributed by atoms with Crippen LogP contribution < -0.4 is 16.4 Å². The van der Waals surface area contributed by atoms with Crippen LogP contribution in [0.4, 0.5) is 0 Å². The van der Waals surface area contributed by atoms with Crippen LogP contribution >= 0.6 is 0 Å². The zero-order valence-electron chi connectivity index (χ0n) is 13.7. The van der Waals surface area contributed by atoms with Gasteiger partial charge in [-0.3, -0.25) is 19.7 Å². The number of nitrogens with zero attached hydrogens (tertiary/aromatic N) is 1. The first-order chi connectivity index (χ1) is 11.5. The van der Waals surface area contributed by atoms with Crippen molar-refractivity contribution in [3.05, 3.63) is 34.9 Å². The summed E-state index contributed by atoms with van der Waals surface area (Å²) < 4.78 is 0. The molecule has 2 aliphatic heterocycles. The fourth-order valence-corrected chi connectivity index (χ4v) is 3.09. The van der Waals surface area contributed by atoms with E-state index in [0.29, 0.717) is 31.6 Å². The summed E-state index contributed by atoms with van der Waals surface area (Å²) in [5.41, 5.74) is 8.15. The molecular formula is C17H22N4O3. The maximum atomic E-state index is 12.7. The van der Waals surface area contributed by atoms with E-state index in [2.05, 4.69) is 10.6 Å². The number of rotatable bonds is 5. The van der Waals surface area contributed by atoms with Gasteiger partial charge < -0.3 is 16.0 Å². The first-order valence-corrected chi connectivity index (χ1v) is 8.19. The lowest BCUT2D eigenvalue weighted by Crippen LogP contribution is -2.52. The number of fused-ring (bicyclic) bond motifs is 1. The Morgan fingerprint density at radius 2 is 2.17 bits per heavy atom. The molecule has 1 aromatic rings. The van der Waals surface area contributed by atoms with Crippen LogP contribution in [0, 0.1) is 0 Å². The quantitative estimate of drug-likeness (QED) is 0.653. The second-order valence-corrected chi connectivity index (χ2v) is 6.41. The minimum Gasteiger partial charge on any atom is -0.329 e. The normalized spacial score (nSPS) is 21.7. The molecular weight excluding hydrogens is 308 g/mol. The zero-order valence-corrected chi connectivity index (χ0v) is 13.7. The number of nitrogens with two attached hydrogens (primary N) is 1. The predicted octanol–water partition coefficient (Wildman–Crippen LogP) is -0.116. The lowest BCUT2D eigenvalue weighted by atomic mass is 10.0. The van der Waals surface area contributed by atoms with Gasteiger partial charge in [0.05, 0.1) is 0 Å². The Morgan fingerprint density at radius 3 is 2.88 bits per heavy atom. The number of imide groups is 1. The van der Waals surface area contributed by atoms with Crippen LogP contribution in [0.25, 0.3) is 0 Å². The Bertz CT molecular complexity index is 688. The van der Waals surface area contributed by atoms with E-state index in [4.69, 9.17) is 5.73 Å². The van der Waals surface area contributed by atoms with Crippen molar-refractivity contribution in [3.8, 4) is 0 Å². The molecule has 3 rings (SSSR count). The SMILES string of the molecule is C[C@@H](CN)NCc1ccc2c(c1)C(=O)N(C1CCC(=O)NC1=O)C2. The summed E-state index contributed by atoms with van der Waals surface area (Å²) in [7, 11) is 0. The first-order valence-electron chi connectivity index (χ1n) is 8.19. The van der Waals surface area contributed by atoms with Gasteiger partial charge >= 0.3 is 0 Å². The molecule has 7 heteroatoms. The highest BCUT2D eigenvalue weighted by molar-refractivity contribution is 6.05. The molecule has 0 aromatic heterocycles. The van der Waals surface area contributed by atoms with Gasteiger partial charge in [-0.1, -0.05) is 12.1 Å². The average Bonchev–Trinajstić information content (AvgIpc) is 2.89. The zero-order chi connectivity index (χ0) is 17.3. The highest BCUT2D eigenvalue weighted by Crippen LogP contribution is 2.28. The predicted molar refractivity (Wildman–Crippen MR) is 87.8 cm³/mol. The molecule has 0 aliphatic carbocycles. The van der Waals surface area contributed by atoms with Gasteiger partial charge in [-0.2, -0.15) is 0 Å². The van der Waals surface area contributed by atoms with Crippen LogP contribution in [0.1, 0.15) is 41.3 Å². The molecule has 0 radical (unpaired) electrons. The Kier molecular flexibility index (Phi) is 4.64. The van der Waals surface area contributed by atoms with Gasteiger partial charge in [0, 0.05) is 37.7 Å². The minimum absolute atomic E-state index is 0.145. The number of hydrogen-bond donors (Lipinski definition) is 3. The fraction of sp³-hybridized carbons (Fsp3) is 0.471. The molecule has 4 N–H and O–H groups in total. The number of amides is 3. The molecule has 128 valence electrons. The van der Waals surface area contributed by atoms with Crippen LogP contribution in [0.2, 0.25) is 0 Å². The average molecular weight is 330 g/mol. The molecule has 7 nitrogen and oxygen atoms in total. The van der Waals surface area contributed by atoms with E-state index < -0.39 is 6.04 Å². The standard InChI is InChI=1S/C17H22N4O3/c1-10(7-18)19-8-11-2-3-12-9-21(17(24)13(12)6-11)14-4-5-15(22)20-16(14)23/h2-3,6,10,14,19H,4-5,7-9,18H2,1H3,(H,20,22,23)/t10-,14?/m0/s1. The van der Waals surface area contributed by atoms with Crippen molar-refractivity contribution < 1.29 is 14.4 Å². The lowest BCUT2D eigenvalue weighted by Gasteiger charge is -2.29. The summed E-state index contributed by atoms with van der Waals surface area (Å²) in [5.74, 6) is -0.804. The van der Waals surface area contributed by atoms with Crippen molar-refractivity contribution in [2.75, 3.05) is 6.54 Å². The van der Waals surface area contributed by atoms with E-state index in [-0.39, 0.29) is 30.2 Å². The van der Waals surface area contributed by atoms with Crippen LogP contribution in [-0.2, 0) is 22.7 Å². The van der Waals surface area contributed by atoms with Gasteiger partial charge in [0.25, 0.3) is 5.91 Å². The van der Waals surface area contributed by atoms with Crippen molar-refractivity contribution >= 4 is 17.7 Å². The van der Waals surface area contributed by atoms with Gasteiger partial charge in [0.1, 0.15) is 6.04 Å². The van der Waals surface area contributed by atoms with E-state index in [1.165, 1.54) is 0 Å². The first kappa shape index (κ1) is 16.6. The Balaban J connectivity index is 1.73. The van der Waals surface area contributed by atoms with E-state index in [1.807, 2.05) is 25.1 Å². The van der Waals surface area contributed by atoms with E-state index in [0.717, 1.165) is 11.1 Å². The molecule has 0 bridgehead atoms. The van der Waals surface area contributed by atoms with Crippen molar-refractivity contribution in [1.82, 2.24) is 15.5 Å². The summed E-state index contributed by atoms with van der Waals surface area (Å²) >= 11 is 0. The van der Waals surface area contributed by atoms with Crippen LogP contribution in [-0.4, -0.2) is 41.2 Å². The summed E-state index contributed by atoms with van der Waals surface area (Å²) in [6.07, 6.45) is 0.648. The number of piperidine rings is 1. The Labute approximate surface area is 140 Å². The summed E-state index contributed by atoms with van der Waals surface area (Å²) in [6.45, 7) is 3.60. The van der Waals surface area contributed by atoms with Crippen molar-refractivity contribution in [2.24, 2.45) is 5.73 Å². The summed E-state index contributed by atoms with van der Waals surface area (Å²) in [4.78, 5) is 37.5. The molecule has 1 aromatic carbocycles. The van der Waals surface area contributed by atoms with Crippen LogP contribution in [0.5, 0.6) is 0 Å². The van der Waals surface area contributed by atoms with E-state index in [1.54, 1.807) is 4.90 Å². The maximum Gasteiger partial charge on any atom is 0.255 e. The van der Waals surface area contributed by atoms with Gasteiger partial charge in [0.2, 0.25) is 11.8 Å². The molecule has 1 saturated heterocycles. The third kappa shape index (κ3) is 3.18. The van der Waals surface area contributed by atoms with Crippen molar-refractivity contribution in [2.45, 2.75) is 44.9 Å². The molecule has 2 atom stereocenters. The third-order valence-electron chi connectivity index (χ3n) is 4.60. The van der Waals surface area contributed by atoms with E-state index in [9.17, 15) is 14.4 Å². The topological polar surface area (TPSA) is 105 Å². The molecule has 1 fully saturated rings. The number of carbonyl (C=O) groups excluding carboxylic acids is 3. The van der Waals surface area contributed by atoms with Crippen LogP contribution in [0.3, 0.4) is 0 Å². The molecule has 24 heavy (non-hydrogen) atoms. The molecule has 2 heterocycles. The van der Waals surface area contributed by atoms with Gasteiger partial charge in [0.15, 0.2) is 0 Å². The molecule has 3 amide bonds. The fourth-order valence-electron chi connectivity index (χ4n) is 3.09. The third-order valence-corrected chi connectivity index (χ3v) is 4.60. The second kappa shape index (κ2) is 6.70. The minimum atomic E-state index is -0.568. The van der Waals surface area contributed by atoms with Gasteiger partial charge in [-0.25, -0.2) is 0 Å². The summed E-state index contributed by atoms with van der Waals surface area (Å²) in [6, 6.07) is 5.43. The van der Waals surface area contributed by atoms with Crippen molar-refractivity contribution in [3.63, 3.8) is 0 Å². The number of carbonyl (C=O) groups is 3. The largest absolute Gasteiger partial charge is 0.329 e. The molecule has 2 aliphatic rings. The second-order valence-electron chi connectivity index (χ2n) is 6.41. The Morgan fingerprint density at radius 1 is 1.38 bits per heavy atom. The highest BCUT2D eigenvalue weighted by Gasteiger charge is 2.38. The van der Waals surface area contributed by atoms with Gasteiger partial charge in [-0.15, -0.1) is 0 Å².